The van der Waals surface area contributed by atoms with E-state index in [4.69, 9.17) is 9.15 Å². The van der Waals surface area contributed by atoms with Gasteiger partial charge in [0.25, 0.3) is 0 Å². The van der Waals surface area contributed by atoms with Gasteiger partial charge in [-0.2, -0.15) is 0 Å². The van der Waals surface area contributed by atoms with Gasteiger partial charge in [-0.3, -0.25) is 10.1 Å². The number of fused-ring (bicyclic) bond motifs is 3. The number of amides is 1. The molecule has 3 aromatic carbocycles. The molecule has 0 atom stereocenters. The van der Waals surface area contributed by atoms with E-state index in [1.807, 2.05) is 36.4 Å². The molecule has 5 rings (SSSR count). The summed E-state index contributed by atoms with van der Waals surface area (Å²) in [5.74, 6) is -0.823. The summed E-state index contributed by atoms with van der Waals surface area (Å²) >= 11 is 0. The fourth-order valence-corrected chi connectivity index (χ4v) is 4.30. The molecule has 168 valence electrons. The van der Waals surface area contributed by atoms with Gasteiger partial charge in [0.15, 0.2) is 12.0 Å². The van der Waals surface area contributed by atoms with Gasteiger partial charge < -0.3 is 14.3 Å². The van der Waals surface area contributed by atoms with E-state index >= 15 is 0 Å². The molecule has 34 heavy (non-hydrogen) atoms. The summed E-state index contributed by atoms with van der Waals surface area (Å²) in [6.45, 7) is 0.115. The van der Waals surface area contributed by atoms with Crippen LogP contribution in [0.3, 0.4) is 0 Å². The number of carbonyl (C=O) groups is 3. The van der Waals surface area contributed by atoms with Crippen LogP contribution in [0.4, 0.5) is 10.5 Å². The van der Waals surface area contributed by atoms with Gasteiger partial charge in [-0.15, -0.1) is 0 Å². The largest absolute Gasteiger partial charge is 0.478 e. The van der Waals surface area contributed by atoms with Gasteiger partial charge in [0, 0.05) is 11.5 Å². The Balaban J connectivity index is 1.38. The topological polar surface area (TPSA) is 106 Å². The molecular formula is C27H19NO6. The number of carbonyl (C=O) groups excluding carboxylic acids is 2. The molecule has 1 aliphatic carbocycles. The number of hydrogen-bond donors (Lipinski definition) is 2. The van der Waals surface area contributed by atoms with Crippen molar-refractivity contribution in [3.05, 3.63) is 101 Å². The summed E-state index contributed by atoms with van der Waals surface area (Å²) in [6, 6.07) is 23.3. The number of nitrogens with one attached hydrogen (secondary N) is 1. The van der Waals surface area contributed by atoms with E-state index in [9.17, 15) is 19.5 Å². The summed E-state index contributed by atoms with van der Waals surface area (Å²) in [7, 11) is 0. The van der Waals surface area contributed by atoms with Gasteiger partial charge in [-0.25, -0.2) is 9.59 Å². The van der Waals surface area contributed by atoms with Crippen LogP contribution in [0.5, 0.6) is 0 Å². The Hall–Kier alpha value is -4.65. The molecule has 2 N–H and O–H groups in total. The minimum atomic E-state index is -1.14. The second kappa shape index (κ2) is 8.71. The van der Waals surface area contributed by atoms with Crippen LogP contribution in [0.2, 0.25) is 0 Å². The number of aldehydes is 1. The van der Waals surface area contributed by atoms with Crippen LogP contribution in [-0.2, 0) is 4.74 Å². The maximum Gasteiger partial charge on any atom is 0.411 e. The third kappa shape index (κ3) is 3.84. The molecule has 0 spiro atoms. The Morgan fingerprint density at radius 1 is 0.912 bits per heavy atom. The standard InChI is InChI=1S/C27H19NO6/c29-14-17-10-12-25(34-17)22-11-9-16(26(30)31)13-24(22)28-27(32)33-15-23-20-7-3-1-5-18(20)19-6-2-4-8-21(19)23/h1-14,23H,15H2,(H,28,32)(H,30,31). The molecule has 1 aromatic heterocycles. The summed E-state index contributed by atoms with van der Waals surface area (Å²) in [6.07, 6.45) is -0.166. The number of aromatic carboxylic acids is 1. The lowest BCUT2D eigenvalue weighted by atomic mass is 9.98. The van der Waals surface area contributed by atoms with Gasteiger partial charge in [0.2, 0.25) is 0 Å². The van der Waals surface area contributed by atoms with Crippen LogP contribution in [0.1, 0.15) is 38.0 Å². The Labute approximate surface area is 194 Å². The van der Waals surface area contributed by atoms with Crippen molar-refractivity contribution in [3.63, 3.8) is 0 Å². The molecule has 4 aromatic rings. The Kier molecular flexibility index (Phi) is 5.43. The summed E-state index contributed by atoms with van der Waals surface area (Å²) in [5.41, 5.74) is 5.01. The lowest BCUT2D eigenvalue weighted by Crippen LogP contribution is -2.18. The molecule has 0 bridgehead atoms. The van der Waals surface area contributed by atoms with E-state index in [0.717, 1.165) is 22.3 Å². The maximum atomic E-state index is 12.8. The number of anilines is 1. The van der Waals surface area contributed by atoms with Crippen LogP contribution < -0.4 is 5.32 Å². The van der Waals surface area contributed by atoms with E-state index in [2.05, 4.69) is 17.4 Å². The van der Waals surface area contributed by atoms with Crippen LogP contribution in [-0.4, -0.2) is 30.1 Å². The first-order valence-electron chi connectivity index (χ1n) is 10.6. The highest BCUT2D eigenvalue weighted by molar-refractivity contribution is 5.96. The van der Waals surface area contributed by atoms with Crippen molar-refractivity contribution in [3.8, 4) is 22.5 Å². The molecule has 7 nitrogen and oxygen atoms in total. The summed E-state index contributed by atoms with van der Waals surface area (Å²) in [4.78, 5) is 35.2. The average molecular weight is 453 g/mol. The lowest BCUT2D eigenvalue weighted by molar-refractivity contribution is 0.0696. The van der Waals surface area contributed by atoms with Crippen LogP contribution in [0.25, 0.3) is 22.5 Å². The number of benzene rings is 3. The fraction of sp³-hybridized carbons (Fsp3) is 0.0741. The smallest absolute Gasteiger partial charge is 0.411 e. The summed E-state index contributed by atoms with van der Waals surface area (Å²) < 4.78 is 11.0. The molecule has 0 saturated heterocycles. The monoisotopic (exact) mass is 453 g/mol. The zero-order chi connectivity index (χ0) is 23.7. The fourth-order valence-electron chi connectivity index (χ4n) is 4.30. The molecule has 1 heterocycles. The van der Waals surface area contributed by atoms with Crippen molar-refractivity contribution in [2.75, 3.05) is 11.9 Å². The highest BCUT2D eigenvalue weighted by atomic mass is 16.5. The second-order valence-corrected chi connectivity index (χ2v) is 7.84. The normalized spacial score (nSPS) is 12.0. The zero-order valence-corrected chi connectivity index (χ0v) is 17.9. The van der Waals surface area contributed by atoms with E-state index in [0.29, 0.717) is 17.6 Å². The molecule has 1 amide bonds. The molecular weight excluding hydrogens is 434 g/mol. The van der Waals surface area contributed by atoms with E-state index in [-0.39, 0.29) is 29.5 Å². The van der Waals surface area contributed by atoms with Crippen molar-refractivity contribution >= 4 is 24.0 Å². The van der Waals surface area contributed by atoms with Gasteiger partial charge in [-0.1, -0.05) is 48.5 Å². The third-order valence-corrected chi connectivity index (χ3v) is 5.86. The number of furan rings is 1. The minimum Gasteiger partial charge on any atom is -0.478 e. The molecule has 0 aliphatic heterocycles. The van der Waals surface area contributed by atoms with Crippen LogP contribution in [0.15, 0.2) is 83.3 Å². The first kappa shape index (κ1) is 21.2. The number of rotatable bonds is 6. The Bertz CT molecular complexity index is 1370. The zero-order valence-electron chi connectivity index (χ0n) is 17.9. The van der Waals surface area contributed by atoms with Gasteiger partial charge in [0.05, 0.1) is 11.3 Å². The average Bonchev–Trinajstić information content (AvgIpc) is 3.45. The number of ether oxygens (including phenoxy) is 1. The van der Waals surface area contributed by atoms with Crippen molar-refractivity contribution in [1.82, 2.24) is 0 Å². The highest BCUT2D eigenvalue weighted by Crippen LogP contribution is 2.44. The van der Waals surface area contributed by atoms with Crippen molar-refractivity contribution in [2.45, 2.75) is 5.92 Å². The lowest BCUT2D eigenvalue weighted by Gasteiger charge is -2.15. The van der Waals surface area contributed by atoms with Crippen molar-refractivity contribution in [1.29, 1.82) is 0 Å². The quantitative estimate of drug-likeness (QED) is 0.357. The SMILES string of the molecule is O=Cc1ccc(-c2ccc(C(=O)O)cc2NC(=O)OCC2c3ccccc3-c3ccccc32)o1. The second-order valence-electron chi connectivity index (χ2n) is 7.84. The van der Waals surface area contributed by atoms with E-state index < -0.39 is 12.1 Å². The minimum absolute atomic E-state index is 0.0140. The molecule has 1 aliphatic rings. The predicted octanol–water partition coefficient (Wildman–Crippen LogP) is 5.82. The molecule has 7 heteroatoms. The Morgan fingerprint density at radius 3 is 2.21 bits per heavy atom. The number of hydrogen-bond acceptors (Lipinski definition) is 5. The van der Waals surface area contributed by atoms with E-state index in [1.165, 1.54) is 24.3 Å². The molecule has 0 fully saturated rings. The Morgan fingerprint density at radius 2 is 1.59 bits per heavy atom. The van der Waals surface area contributed by atoms with Crippen LogP contribution >= 0.6 is 0 Å². The van der Waals surface area contributed by atoms with E-state index in [1.54, 1.807) is 6.07 Å². The van der Waals surface area contributed by atoms with Gasteiger partial charge in [-0.05, 0) is 52.6 Å². The van der Waals surface area contributed by atoms with Gasteiger partial charge >= 0.3 is 12.1 Å². The van der Waals surface area contributed by atoms with Crippen LogP contribution in [0, 0.1) is 0 Å². The van der Waals surface area contributed by atoms with Gasteiger partial charge in [0.1, 0.15) is 12.4 Å². The molecule has 0 radical (unpaired) electrons. The first-order chi connectivity index (χ1) is 16.5. The number of carboxylic acids is 1. The first-order valence-corrected chi connectivity index (χ1v) is 10.6. The molecule has 0 unspecified atom stereocenters. The third-order valence-electron chi connectivity index (χ3n) is 5.86. The van der Waals surface area contributed by atoms with Crippen molar-refractivity contribution in [2.24, 2.45) is 0 Å². The molecule has 0 saturated carbocycles. The summed E-state index contributed by atoms with van der Waals surface area (Å²) in [5, 5.41) is 12.0. The predicted molar refractivity (Wildman–Crippen MR) is 125 cm³/mol. The maximum absolute atomic E-state index is 12.8. The number of carboxylic acid groups (broad SMARTS) is 1. The van der Waals surface area contributed by atoms with Crippen molar-refractivity contribution < 1.29 is 28.6 Å². The highest BCUT2D eigenvalue weighted by Gasteiger charge is 2.29.